The van der Waals surface area contributed by atoms with Gasteiger partial charge >= 0.3 is 0 Å². The van der Waals surface area contributed by atoms with Gasteiger partial charge in [0, 0.05) is 12.6 Å². The lowest BCUT2D eigenvalue weighted by molar-refractivity contribution is -0.121. The Bertz CT molecular complexity index is 636. The molecule has 0 saturated carbocycles. The summed E-state index contributed by atoms with van der Waals surface area (Å²) in [7, 11) is 0. The Hall–Kier alpha value is -2.62. The van der Waals surface area contributed by atoms with Crippen LogP contribution < -0.4 is 10.6 Å². The molecule has 114 valence electrons. The molecule has 4 heteroatoms. The fourth-order valence-corrected chi connectivity index (χ4v) is 2.21. The quantitative estimate of drug-likeness (QED) is 0.891. The topological polar surface area (TPSA) is 58.2 Å². The second-order valence-corrected chi connectivity index (χ2v) is 5.25. The second kappa shape index (κ2) is 7.41. The van der Waals surface area contributed by atoms with Crippen molar-refractivity contribution in [2.45, 2.75) is 26.3 Å². The van der Waals surface area contributed by atoms with Crippen LogP contribution in [0.25, 0.3) is 0 Å². The lowest BCUT2D eigenvalue weighted by Gasteiger charge is -2.14. The maximum absolute atomic E-state index is 12.1. The van der Waals surface area contributed by atoms with Gasteiger partial charge in [0.2, 0.25) is 11.8 Å². The standard InChI is InChI=1S/C18H20N2O2/c1-13(16-6-4-3-5-7-16)19-18(22)12-15-8-10-17(11-9-15)20-14(2)21/h3-11,13H,12H2,1-2H3,(H,19,22)(H,20,21)/t13-/m0/s1. The molecule has 0 spiro atoms. The van der Waals surface area contributed by atoms with Crippen LogP contribution in [0.5, 0.6) is 0 Å². The number of anilines is 1. The van der Waals surface area contributed by atoms with Gasteiger partial charge in [0.05, 0.1) is 12.5 Å². The van der Waals surface area contributed by atoms with E-state index in [1.54, 1.807) is 12.1 Å². The Labute approximate surface area is 130 Å². The summed E-state index contributed by atoms with van der Waals surface area (Å²) in [6.45, 7) is 3.43. The molecular formula is C18H20N2O2. The van der Waals surface area contributed by atoms with E-state index in [0.717, 1.165) is 16.8 Å². The zero-order valence-corrected chi connectivity index (χ0v) is 12.8. The summed E-state index contributed by atoms with van der Waals surface area (Å²) in [4.78, 5) is 23.0. The van der Waals surface area contributed by atoms with Crippen molar-refractivity contribution < 1.29 is 9.59 Å². The van der Waals surface area contributed by atoms with E-state index < -0.39 is 0 Å². The van der Waals surface area contributed by atoms with Crippen molar-refractivity contribution in [1.29, 1.82) is 0 Å². The minimum atomic E-state index is -0.109. The summed E-state index contributed by atoms with van der Waals surface area (Å²) in [5.74, 6) is -0.134. The summed E-state index contributed by atoms with van der Waals surface area (Å²) in [5, 5.41) is 5.68. The van der Waals surface area contributed by atoms with Gasteiger partial charge in [-0.1, -0.05) is 42.5 Å². The molecule has 0 aliphatic heterocycles. The van der Waals surface area contributed by atoms with E-state index in [-0.39, 0.29) is 17.9 Å². The van der Waals surface area contributed by atoms with Crippen molar-refractivity contribution >= 4 is 17.5 Å². The van der Waals surface area contributed by atoms with Crippen LogP contribution in [-0.2, 0) is 16.0 Å². The Morgan fingerprint density at radius 1 is 1.00 bits per heavy atom. The molecule has 2 aromatic rings. The van der Waals surface area contributed by atoms with Gasteiger partial charge in [-0.15, -0.1) is 0 Å². The fourth-order valence-electron chi connectivity index (χ4n) is 2.21. The highest BCUT2D eigenvalue weighted by atomic mass is 16.2. The number of carbonyl (C=O) groups excluding carboxylic acids is 2. The Morgan fingerprint density at radius 2 is 1.64 bits per heavy atom. The molecular weight excluding hydrogens is 276 g/mol. The van der Waals surface area contributed by atoms with E-state index >= 15 is 0 Å². The lowest BCUT2D eigenvalue weighted by Crippen LogP contribution is -2.28. The van der Waals surface area contributed by atoms with Gasteiger partial charge in [0.25, 0.3) is 0 Å². The van der Waals surface area contributed by atoms with Crippen LogP contribution in [-0.4, -0.2) is 11.8 Å². The maximum Gasteiger partial charge on any atom is 0.224 e. The molecule has 2 N–H and O–H groups in total. The molecule has 2 aromatic carbocycles. The first-order valence-electron chi connectivity index (χ1n) is 7.25. The Balaban J connectivity index is 1.90. The van der Waals surface area contributed by atoms with Crippen LogP contribution in [0.15, 0.2) is 54.6 Å². The third kappa shape index (κ3) is 4.74. The molecule has 0 unspecified atom stereocenters. The van der Waals surface area contributed by atoms with E-state index in [1.165, 1.54) is 6.92 Å². The van der Waals surface area contributed by atoms with Crippen molar-refractivity contribution in [1.82, 2.24) is 5.32 Å². The van der Waals surface area contributed by atoms with Crippen molar-refractivity contribution in [2.24, 2.45) is 0 Å². The third-order valence-electron chi connectivity index (χ3n) is 3.32. The summed E-state index contributed by atoms with van der Waals surface area (Å²) in [6.07, 6.45) is 0.317. The average Bonchev–Trinajstić information content (AvgIpc) is 2.49. The van der Waals surface area contributed by atoms with Gasteiger partial charge in [-0.05, 0) is 30.2 Å². The number of carbonyl (C=O) groups is 2. The number of hydrogen-bond donors (Lipinski definition) is 2. The predicted molar refractivity (Wildman–Crippen MR) is 87.4 cm³/mol. The molecule has 4 nitrogen and oxygen atoms in total. The van der Waals surface area contributed by atoms with E-state index in [0.29, 0.717) is 6.42 Å². The lowest BCUT2D eigenvalue weighted by atomic mass is 10.1. The summed E-state index contributed by atoms with van der Waals surface area (Å²) in [6, 6.07) is 17.1. The highest BCUT2D eigenvalue weighted by Gasteiger charge is 2.09. The minimum Gasteiger partial charge on any atom is -0.349 e. The molecule has 0 fully saturated rings. The number of hydrogen-bond acceptors (Lipinski definition) is 2. The highest BCUT2D eigenvalue weighted by Crippen LogP contribution is 2.13. The molecule has 1 atom stereocenters. The van der Waals surface area contributed by atoms with Gasteiger partial charge in [0.15, 0.2) is 0 Å². The fraction of sp³-hybridized carbons (Fsp3) is 0.222. The number of nitrogens with one attached hydrogen (secondary N) is 2. The average molecular weight is 296 g/mol. The maximum atomic E-state index is 12.1. The largest absolute Gasteiger partial charge is 0.349 e. The number of benzene rings is 2. The van der Waals surface area contributed by atoms with Crippen molar-refractivity contribution in [2.75, 3.05) is 5.32 Å². The first-order chi connectivity index (χ1) is 10.5. The Morgan fingerprint density at radius 3 is 2.23 bits per heavy atom. The third-order valence-corrected chi connectivity index (χ3v) is 3.32. The van der Waals surface area contributed by atoms with Crippen LogP contribution in [0.3, 0.4) is 0 Å². The number of rotatable bonds is 5. The second-order valence-electron chi connectivity index (χ2n) is 5.25. The molecule has 0 aromatic heterocycles. The van der Waals surface area contributed by atoms with Gasteiger partial charge < -0.3 is 10.6 Å². The monoisotopic (exact) mass is 296 g/mol. The number of amides is 2. The SMILES string of the molecule is CC(=O)Nc1ccc(CC(=O)N[C@@H](C)c2ccccc2)cc1. The van der Waals surface area contributed by atoms with Crippen LogP contribution in [0.4, 0.5) is 5.69 Å². The van der Waals surface area contributed by atoms with Gasteiger partial charge in [-0.25, -0.2) is 0 Å². The predicted octanol–water partition coefficient (Wildman–Crippen LogP) is 3.06. The molecule has 0 heterocycles. The van der Waals surface area contributed by atoms with Crippen LogP contribution in [0.1, 0.15) is 31.0 Å². The smallest absolute Gasteiger partial charge is 0.224 e. The van der Waals surface area contributed by atoms with Crippen molar-refractivity contribution in [3.05, 3.63) is 65.7 Å². The van der Waals surface area contributed by atoms with E-state index in [1.807, 2.05) is 49.4 Å². The molecule has 0 aliphatic rings. The Kier molecular flexibility index (Phi) is 5.31. The summed E-state index contributed by atoms with van der Waals surface area (Å²) >= 11 is 0. The van der Waals surface area contributed by atoms with E-state index in [2.05, 4.69) is 10.6 Å². The molecule has 2 amide bonds. The minimum absolute atomic E-state index is 0.0210. The normalized spacial score (nSPS) is 11.5. The van der Waals surface area contributed by atoms with Crippen molar-refractivity contribution in [3.8, 4) is 0 Å². The molecule has 0 radical (unpaired) electrons. The molecule has 0 saturated heterocycles. The van der Waals surface area contributed by atoms with Crippen LogP contribution in [0.2, 0.25) is 0 Å². The molecule has 0 aliphatic carbocycles. The molecule has 2 rings (SSSR count). The zero-order valence-electron chi connectivity index (χ0n) is 12.8. The molecule has 0 bridgehead atoms. The molecule has 22 heavy (non-hydrogen) atoms. The van der Waals surface area contributed by atoms with Gasteiger partial charge in [0.1, 0.15) is 0 Å². The summed E-state index contributed by atoms with van der Waals surface area (Å²) < 4.78 is 0. The first-order valence-corrected chi connectivity index (χ1v) is 7.25. The van der Waals surface area contributed by atoms with Gasteiger partial charge in [-0.2, -0.15) is 0 Å². The van der Waals surface area contributed by atoms with Gasteiger partial charge in [-0.3, -0.25) is 9.59 Å². The van der Waals surface area contributed by atoms with Crippen LogP contribution >= 0.6 is 0 Å². The van der Waals surface area contributed by atoms with Crippen molar-refractivity contribution in [3.63, 3.8) is 0 Å². The highest BCUT2D eigenvalue weighted by molar-refractivity contribution is 5.88. The zero-order chi connectivity index (χ0) is 15.9. The summed E-state index contributed by atoms with van der Waals surface area (Å²) in [5.41, 5.74) is 2.72. The first kappa shape index (κ1) is 15.8. The van der Waals surface area contributed by atoms with E-state index in [9.17, 15) is 9.59 Å². The van der Waals surface area contributed by atoms with E-state index in [4.69, 9.17) is 0 Å². The van der Waals surface area contributed by atoms with Crippen LogP contribution in [0, 0.1) is 0 Å².